The van der Waals surface area contributed by atoms with Crippen LogP contribution in [0.25, 0.3) is 0 Å². The average Bonchev–Trinajstić information content (AvgIpc) is 2.34. The third-order valence-electron chi connectivity index (χ3n) is 5.46. The van der Waals surface area contributed by atoms with E-state index < -0.39 is 0 Å². The Kier molecular flexibility index (Phi) is 2.46. The van der Waals surface area contributed by atoms with Crippen LogP contribution in [0.1, 0.15) is 32.1 Å². The van der Waals surface area contributed by atoms with E-state index in [-0.39, 0.29) is 0 Å². The molecule has 2 heteroatoms. The molecule has 0 radical (unpaired) electrons. The second kappa shape index (κ2) is 4.01. The Morgan fingerprint density at radius 3 is 2.06 bits per heavy atom. The molecule has 4 bridgehead atoms. The molecule has 94 valence electrons. The molecule has 0 amide bonds. The predicted octanol–water partition coefficient (Wildman–Crippen LogP) is 2.66. The Labute approximate surface area is 104 Å². The van der Waals surface area contributed by atoms with Crippen LogP contribution >= 0.6 is 0 Å². The molecule has 4 saturated carbocycles. The molecule has 4 aliphatic carbocycles. The molecule has 0 aromatic rings. The van der Waals surface area contributed by atoms with Crippen LogP contribution in [0.15, 0.2) is 11.8 Å². The van der Waals surface area contributed by atoms with Crippen molar-refractivity contribution in [2.75, 3.05) is 26.3 Å². The summed E-state index contributed by atoms with van der Waals surface area (Å²) in [6.45, 7) is 4.06. The van der Waals surface area contributed by atoms with Crippen LogP contribution in [0.5, 0.6) is 0 Å². The molecule has 0 spiro atoms. The summed E-state index contributed by atoms with van der Waals surface area (Å²) in [6.07, 6.45) is 10.1. The third kappa shape index (κ3) is 1.81. The molecule has 5 fully saturated rings. The van der Waals surface area contributed by atoms with Gasteiger partial charge in [-0.25, -0.2) is 0 Å². The highest BCUT2D eigenvalue weighted by atomic mass is 16.5. The van der Waals surface area contributed by atoms with E-state index in [4.69, 9.17) is 4.74 Å². The highest BCUT2D eigenvalue weighted by Crippen LogP contribution is 2.56. The van der Waals surface area contributed by atoms with Gasteiger partial charge >= 0.3 is 0 Å². The number of ether oxygens (including phenoxy) is 1. The SMILES string of the molecule is C(=C1C2CC3CC(C2)CC1C3)N1CCOCC1. The van der Waals surface area contributed by atoms with E-state index in [2.05, 4.69) is 11.1 Å². The Balaban J connectivity index is 1.55. The zero-order valence-electron chi connectivity index (χ0n) is 10.6. The summed E-state index contributed by atoms with van der Waals surface area (Å²) in [5.41, 5.74) is 1.82. The fraction of sp³-hybridized carbons (Fsp3) is 0.867. The van der Waals surface area contributed by atoms with Crippen molar-refractivity contribution < 1.29 is 4.74 Å². The highest BCUT2D eigenvalue weighted by Gasteiger charge is 2.45. The molecular weight excluding hydrogens is 210 g/mol. The molecule has 0 aromatic carbocycles. The summed E-state index contributed by atoms with van der Waals surface area (Å²) in [6, 6.07) is 0. The Hall–Kier alpha value is -0.500. The first-order chi connectivity index (χ1) is 8.38. The zero-order chi connectivity index (χ0) is 11.2. The van der Waals surface area contributed by atoms with Gasteiger partial charge in [0.2, 0.25) is 0 Å². The van der Waals surface area contributed by atoms with E-state index in [1.165, 1.54) is 25.7 Å². The normalized spacial score (nSPS) is 44.2. The first-order valence-electron chi connectivity index (χ1n) is 7.42. The molecule has 5 aliphatic rings. The topological polar surface area (TPSA) is 12.5 Å². The lowest BCUT2D eigenvalue weighted by Gasteiger charge is -2.51. The molecular formula is C15H23NO. The van der Waals surface area contributed by atoms with Crippen LogP contribution in [0.2, 0.25) is 0 Å². The summed E-state index contributed by atoms with van der Waals surface area (Å²) in [7, 11) is 0. The van der Waals surface area contributed by atoms with Gasteiger partial charge in [0.15, 0.2) is 0 Å². The number of hydrogen-bond donors (Lipinski definition) is 0. The fourth-order valence-electron chi connectivity index (χ4n) is 4.86. The van der Waals surface area contributed by atoms with Crippen molar-refractivity contribution in [1.82, 2.24) is 4.90 Å². The van der Waals surface area contributed by atoms with E-state index in [9.17, 15) is 0 Å². The van der Waals surface area contributed by atoms with Gasteiger partial charge in [0.1, 0.15) is 0 Å². The molecule has 1 saturated heterocycles. The summed E-state index contributed by atoms with van der Waals surface area (Å²) in [5, 5.41) is 0. The van der Waals surface area contributed by atoms with E-state index in [1.54, 1.807) is 6.42 Å². The summed E-state index contributed by atoms with van der Waals surface area (Å²) >= 11 is 0. The molecule has 5 rings (SSSR count). The lowest BCUT2D eigenvalue weighted by atomic mass is 9.54. The van der Waals surface area contributed by atoms with Crippen LogP contribution in [-0.2, 0) is 4.74 Å². The molecule has 17 heavy (non-hydrogen) atoms. The zero-order valence-corrected chi connectivity index (χ0v) is 10.6. The maximum atomic E-state index is 5.44. The molecule has 2 nitrogen and oxygen atoms in total. The first kappa shape index (κ1) is 10.4. The number of hydrogen-bond acceptors (Lipinski definition) is 2. The van der Waals surface area contributed by atoms with E-state index in [0.717, 1.165) is 50.0 Å². The van der Waals surface area contributed by atoms with Gasteiger partial charge in [-0.1, -0.05) is 0 Å². The van der Waals surface area contributed by atoms with Gasteiger partial charge < -0.3 is 9.64 Å². The fourth-order valence-corrected chi connectivity index (χ4v) is 4.86. The Morgan fingerprint density at radius 1 is 0.882 bits per heavy atom. The minimum atomic E-state index is 0.921. The van der Waals surface area contributed by atoms with Crippen LogP contribution in [0.4, 0.5) is 0 Å². The van der Waals surface area contributed by atoms with Gasteiger partial charge in [-0.3, -0.25) is 0 Å². The van der Waals surface area contributed by atoms with Crippen molar-refractivity contribution in [2.45, 2.75) is 32.1 Å². The van der Waals surface area contributed by atoms with Crippen molar-refractivity contribution in [3.8, 4) is 0 Å². The predicted molar refractivity (Wildman–Crippen MR) is 67.5 cm³/mol. The van der Waals surface area contributed by atoms with Gasteiger partial charge in [0.25, 0.3) is 0 Å². The molecule has 0 unspecified atom stereocenters. The van der Waals surface area contributed by atoms with Crippen molar-refractivity contribution >= 4 is 0 Å². The standard InChI is InChI=1S/C15H23NO/c1-3-17-4-2-16(1)10-15-13-6-11-5-12(8-13)9-14(15)7-11/h10-14H,1-9H2. The van der Waals surface area contributed by atoms with Gasteiger partial charge in [-0.05, 0) is 67.5 Å². The van der Waals surface area contributed by atoms with Crippen LogP contribution in [0.3, 0.4) is 0 Å². The van der Waals surface area contributed by atoms with Crippen molar-refractivity contribution in [1.29, 1.82) is 0 Å². The number of rotatable bonds is 1. The second-order valence-corrected chi connectivity index (χ2v) is 6.58. The van der Waals surface area contributed by atoms with E-state index in [0.29, 0.717) is 0 Å². The van der Waals surface area contributed by atoms with Gasteiger partial charge in [-0.2, -0.15) is 0 Å². The molecule has 0 atom stereocenters. The Morgan fingerprint density at radius 2 is 1.47 bits per heavy atom. The maximum absolute atomic E-state index is 5.44. The van der Waals surface area contributed by atoms with Gasteiger partial charge in [0, 0.05) is 13.1 Å². The summed E-state index contributed by atoms with van der Waals surface area (Å²) < 4.78 is 5.44. The Bertz CT molecular complexity index is 300. The molecule has 1 aliphatic heterocycles. The van der Waals surface area contributed by atoms with Crippen LogP contribution < -0.4 is 0 Å². The second-order valence-electron chi connectivity index (χ2n) is 6.58. The van der Waals surface area contributed by atoms with Crippen LogP contribution in [-0.4, -0.2) is 31.2 Å². The van der Waals surface area contributed by atoms with Crippen LogP contribution in [0, 0.1) is 23.7 Å². The van der Waals surface area contributed by atoms with E-state index >= 15 is 0 Å². The minimum Gasteiger partial charge on any atom is -0.378 e. The quantitative estimate of drug-likeness (QED) is 0.690. The molecule has 0 aromatic heterocycles. The van der Waals surface area contributed by atoms with Crippen molar-refractivity contribution in [3.63, 3.8) is 0 Å². The smallest absolute Gasteiger partial charge is 0.0642 e. The van der Waals surface area contributed by atoms with E-state index in [1.807, 2.05) is 5.57 Å². The summed E-state index contributed by atoms with van der Waals surface area (Å²) in [5.74, 6) is 4.07. The third-order valence-corrected chi connectivity index (χ3v) is 5.46. The minimum absolute atomic E-state index is 0.921. The molecule has 0 N–H and O–H groups in total. The lowest BCUT2D eigenvalue weighted by Crippen LogP contribution is -2.42. The number of morpholine rings is 1. The maximum Gasteiger partial charge on any atom is 0.0642 e. The number of allylic oxidation sites excluding steroid dienone is 1. The van der Waals surface area contributed by atoms with Gasteiger partial charge in [0.05, 0.1) is 13.2 Å². The van der Waals surface area contributed by atoms with Crippen molar-refractivity contribution in [3.05, 3.63) is 11.8 Å². The largest absolute Gasteiger partial charge is 0.378 e. The van der Waals surface area contributed by atoms with Crippen molar-refractivity contribution in [2.24, 2.45) is 23.7 Å². The highest BCUT2D eigenvalue weighted by molar-refractivity contribution is 5.20. The monoisotopic (exact) mass is 233 g/mol. The molecule has 1 heterocycles. The average molecular weight is 233 g/mol. The summed E-state index contributed by atoms with van der Waals surface area (Å²) in [4.78, 5) is 2.51. The number of nitrogens with zero attached hydrogens (tertiary/aromatic N) is 1. The lowest BCUT2D eigenvalue weighted by molar-refractivity contribution is 0.0485. The van der Waals surface area contributed by atoms with Gasteiger partial charge in [-0.15, -0.1) is 0 Å². The first-order valence-corrected chi connectivity index (χ1v) is 7.42.